The maximum Gasteiger partial charge on any atom is 0.125 e. The minimum Gasteiger partial charge on any atom is -0.491 e. The van der Waals surface area contributed by atoms with E-state index in [1.807, 2.05) is 26.0 Å². The van der Waals surface area contributed by atoms with Crippen molar-refractivity contribution < 1.29 is 9.13 Å². The molecule has 2 aromatic rings. The van der Waals surface area contributed by atoms with Crippen LogP contribution in [0.5, 0.6) is 5.75 Å². The van der Waals surface area contributed by atoms with Gasteiger partial charge < -0.3 is 10.1 Å². The first-order valence-electron chi connectivity index (χ1n) is 9.08. The van der Waals surface area contributed by atoms with E-state index in [2.05, 4.69) is 28.4 Å². The normalized spacial score (nSPS) is 16.2. The summed E-state index contributed by atoms with van der Waals surface area (Å²) in [6.45, 7) is 7.12. The van der Waals surface area contributed by atoms with Crippen LogP contribution in [0.25, 0.3) is 0 Å². The molecule has 1 aliphatic heterocycles. The lowest BCUT2D eigenvalue weighted by Crippen LogP contribution is -2.38. The van der Waals surface area contributed by atoms with Gasteiger partial charge in [-0.05, 0) is 62.6 Å². The average Bonchev–Trinajstić information content (AvgIpc) is 2.56. The summed E-state index contributed by atoms with van der Waals surface area (Å²) in [5.41, 5.74) is 2.16. The predicted molar refractivity (Wildman–Crippen MR) is 101 cm³/mol. The molecule has 0 atom stereocenters. The Labute approximate surface area is 149 Å². The van der Waals surface area contributed by atoms with Gasteiger partial charge in [0, 0.05) is 31.4 Å². The lowest BCUT2D eigenvalue weighted by molar-refractivity contribution is 0.210. The highest BCUT2D eigenvalue weighted by Crippen LogP contribution is 2.21. The largest absolute Gasteiger partial charge is 0.491 e. The fourth-order valence-corrected chi connectivity index (χ4v) is 3.30. The van der Waals surface area contributed by atoms with E-state index >= 15 is 0 Å². The molecule has 0 bridgehead atoms. The highest BCUT2D eigenvalue weighted by Gasteiger charge is 2.19. The molecule has 4 heteroatoms. The van der Waals surface area contributed by atoms with E-state index in [0.29, 0.717) is 6.04 Å². The monoisotopic (exact) mass is 342 g/mol. The Hall–Kier alpha value is -2.07. The number of hydrogen-bond donors (Lipinski definition) is 1. The zero-order chi connectivity index (χ0) is 17.6. The fourth-order valence-electron chi connectivity index (χ4n) is 3.30. The van der Waals surface area contributed by atoms with Crippen molar-refractivity contribution in [3.05, 3.63) is 59.9 Å². The van der Waals surface area contributed by atoms with E-state index in [-0.39, 0.29) is 11.9 Å². The Morgan fingerprint density at radius 2 is 1.88 bits per heavy atom. The number of halogens is 1. The molecule has 1 N–H and O–H groups in total. The van der Waals surface area contributed by atoms with E-state index < -0.39 is 0 Å². The summed E-state index contributed by atoms with van der Waals surface area (Å²) in [4.78, 5) is 2.47. The van der Waals surface area contributed by atoms with Crippen molar-refractivity contribution in [1.82, 2.24) is 4.90 Å². The summed E-state index contributed by atoms with van der Waals surface area (Å²) < 4.78 is 19.1. The molecule has 0 amide bonds. The summed E-state index contributed by atoms with van der Waals surface area (Å²) >= 11 is 0. The van der Waals surface area contributed by atoms with Crippen LogP contribution in [0.3, 0.4) is 0 Å². The van der Waals surface area contributed by atoms with Gasteiger partial charge in [-0.15, -0.1) is 0 Å². The van der Waals surface area contributed by atoms with E-state index in [1.165, 1.54) is 11.6 Å². The lowest BCUT2D eigenvalue weighted by Gasteiger charge is -2.33. The van der Waals surface area contributed by atoms with E-state index in [9.17, 15) is 4.39 Å². The summed E-state index contributed by atoms with van der Waals surface area (Å²) in [6, 6.07) is 15.5. The Morgan fingerprint density at radius 1 is 1.12 bits per heavy atom. The second-order valence-electron chi connectivity index (χ2n) is 7.02. The first-order chi connectivity index (χ1) is 12.1. The molecule has 1 saturated heterocycles. The van der Waals surface area contributed by atoms with Crippen LogP contribution < -0.4 is 10.1 Å². The van der Waals surface area contributed by atoms with Crippen LogP contribution in [0.15, 0.2) is 48.5 Å². The molecule has 1 heterocycles. The van der Waals surface area contributed by atoms with Gasteiger partial charge in [-0.2, -0.15) is 0 Å². The Bertz CT molecular complexity index is 681. The standard InChI is InChI=1S/C21H27FN2O/c1-16(2)25-21-8-3-5-17(13-21)15-24-11-9-19(10-12-24)23-20-7-4-6-18(22)14-20/h3-8,13-14,16,19,23H,9-12,15H2,1-2H3. The van der Waals surface area contributed by atoms with Crippen molar-refractivity contribution in [1.29, 1.82) is 0 Å². The van der Waals surface area contributed by atoms with Crippen LogP contribution in [0, 0.1) is 5.82 Å². The molecular formula is C21H27FN2O. The van der Waals surface area contributed by atoms with Crippen LogP contribution >= 0.6 is 0 Å². The third-order valence-corrected chi connectivity index (χ3v) is 4.46. The third kappa shape index (κ3) is 5.46. The first kappa shape index (κ1) is 17.7. The molecule has 2 aromatic carbocycles. The van der Waals surface area contributed by atoms with Crippen molar-refractivity contribution in [2.45, 2.75) is 45.4 Å². The SMILES string of the molecule is CC(C)Oc1cccc(CN2CCC(Nc3cccc(F)c3)CC2)c1. The van der Waals surface area contributed by atoms with E-state index in [4.69, 9.17) is 4.74 Å². The van der Waals surface area contributed by atoms with Crippen molar-refractivity contribution in [2.24, 2.45) is 0 Å². The molecule has 0 radical (unpaired) electrons. The number of nitrogens with zero attached hydrogens (tertiary/aromatic N) is 1. The second-order valence-corrected chi connectivity index (χ2v) is 7.02. The number of benzene rings is 2. The molecule has 0 spiro atoms. The molecular weight excluding hydrogens is 315 g/mol. The van der Waals surface area contributed by atoms with Crippen molar-refractivity contribution in [3.63, 3.8) is 0 Å². The Balaban J connectivity index is 1.49. The van der Waals surface area contributed by atoms with Gasteiger partial charge in [0.1, 0.15) is 11.6 Å². The minimum absolute atomic E-state index is 0.189. The molecule has 0 unspecified atom stereocenters. The summed E-state index contributed by atoms with van der Waals surface area (Å²) in [6.07, 6.45) is 2.33. The Morgan fingerprint density at radius 3 is 2.60 bits per heavy atom. The summed E-state index contributed by atoms with van der Waals surface area (Å²) in [5, 5.41) is 3.45. The van der Waals surface area contributed by atoms with Crippen molar-refractivity contribution in [2.75, 3.05) is 18.4 Å². The molecule has 0 aliphatic carbocycles. The van der Waals surface area contributed by atoms with Crippen molar-refractivity contribution in [3.8, 4) is 5.75 Å². The van der Waals surface area contributed by atoms with Gasteiger partial charge in [-0.25, -0.2) is 4.39 Å². The van der Waals surface area contributed by atoms with Crippen LogP contribution in [-0.2, 0) is 6.54 Å². The first-order valence-corrected chi connectivity index (χ1v) is 9.08. The Kier molecular flexibility index (Phi) is 5.92. The number of nitrogens with one attached hydrogen (secondary N) is 1. The van der Waals surface area contributed by atoms with Gasteiger partial charge >= 0.3 is 0 Å². The van der Waals surface area contributed by atoms with E-state index in [1.54, 1.807) is 12.1 Å². The highest BCUT2D eigenvalue weighted by molar-refractivity contribution is 5.44. The van der Waals surface area contributed by atoms with Crippen LogP contribution in [0.1, 0.15) is 32.3 Å². The van der Waals surface area contributed by atoms with Gasteiger partial charge in [0.25, 0.3) is 0 Å². The van der Waals surface area contributed by atoms with Crippen LogP contribution in [0.2, 0.25) is 0 Å². The van der Waals surface area contributed by atoms with Crippen molar-refractivity contribution >= 4 is 5.69 Å². The van der Waals surface area contributed by atoms with Crippen LogP contribution in [0.4, 0.5) is 10.1 Å². The molecule has 1 fully saturated rings. The van der Waals surface area contributed by atoms with Gasteiger partial charge in [0.15, 0.2) is 0 Å². The molecule has 0 saturated carbocycles. The summed E-state index contributed by atoms with van der Waals surface area (Å²) in [7, 11) is 0. The minimum atomic E-state index is -0.189. The number of rotatable bonds is 6. The molecule has 0 aromatic heterocycles. The second kappa shape index (κ2) is 8.34. The molecule has 3 nitrogen and oxygen atoms in total. The molecule has 1 aliphatic rings. The predicted octanol–water partition coefficient (Wildman–Crippen LogP) is 4.69. The number of anilines is 1. The van der Waals surface area contributed by atoms with Gasteiger partial charge in [-0.1, -0.05) is 18.2 Å². The zero-order valence-corrected chi connectivity index (χ0v) is 15.0. The topological polar surface area (TPSA) is 24.5 Å². The highest BCUT2D eigenvalue weighted by atomic mass is 19.1. The number of hydrogen-bond acceptors (Lipinski definition) is 3. The third-order valence-electron chi connectivity index (χ3n) is 4.46. The van der Waals surface area contributed by atoms with Gasteiger partial charge in [-0.3, -0.25) is 4.90 Å². The number of likely N-dealkylation sites (tertiary alicyclic amines) is 1. The van der Waals surface area contributed by atoms with Crippen LogP contribution in [-0.4, -0.2) is 30.1 Å². The molecule has 25 heavy (non-hydrogen) atoms. The smallest absolute Gasteiger partial charge is 0.125 e. The quantitative estimate of drug-likeness (QED) is 0.824. The lowest BCUT2D eigenvalue weighted by atomic mass is 10.0. The number of ether oxygens (including phenoxy) is 1. The fraction of sp³-hybridized carbons (Fsp3) is 0.429. The summed E-state index contributed by atoms with van der Waals surface area (Å²) in [5.74, 6) is 0.751. The molecule has 3 rings (SSSR count). The van der Waals surface area contributed by atoms with Gasteiger partial charge in [0.05, 0.1) is 6.10 Å². The van der Waals surface area contributed by atoms with E-state index in [0.717, 1.165) is 43.9 Å². The maximum absolute atomic E-state index is 13.3. The number of piperidine rings is 1. The average molecular weight is 342 g/mol. The zero-order valence-electron chi connectivity index (χ0n) is 15.0. The molecule has 134 valence electrons. The maximum atomic E-state index is 13.3. The van der Waals surface area contributed by atoms with Gasteiger partial charge in [0.2, 0.25) is 0 Å².